The van der Waals surface area contributed by atoms with Crippen LogP contribution in [-0.2, 0) is 41.8 Å². The van der Waals surface area contributed by atoms with Crippen LogP contribution in [0.4, 0.5) is 0 Å². The van der Waals surface area contributed by atoms with Crippen molar-refractivity contribution in [2.75, 3.05) is 13.9 Å². The molecule has 1 saturated carbocycles. The van der Waals surface area contributed by atoms with Gasteiger partial charge in [0.15, 0.2) is 11.6 Å². The largest absolute Gasteiger partial charge is 0.373 e. The van der Waals surface area contributed by atoms with Crippen molar-refractivity contribution in [1.82, 2.24) is 0 Å². The summed E-state index contributed by atoms with van der Waals surface area (Å²) >= 11 is 0. The van der Waals surface area contributed by atoms with E-state index in [2.05, 4.69) is 6.92 Å². The topological polar surface area (TPSA) is 71.1 Å². The highest BCUT2D eigenvalue weighted by molar-refractivity contribution is 6.03. The zero-order valence-electron chi connectivity index (χ0n) is 20.6. The molecule has 1 fully saturated rings. The number of ketones is 2. The monoisotopic (exact) mass is 478 g/mol. The van der Waals surface area contributed by atoms with E-state index in [0.717, 1.165) is 11.1 Å². The van der Waals surface area contributed by atoms with Crippen LogP contribution in [0.5, 0.6) is 0 Å². The lowest BCUT2D eigenvalue weighted by atomic mass is 9.62. The lowest BCUT2D eigenvalue weighted by molar-refractivity contribution is -0.221. The van der Waals surface area contributed by atoms with E-state index < -0.39 is 6.10 Å². The molecule has 4 rings (SSSR count). The first-order valence-electron chi connectivity index (χ1n) is 12.2. The Morgan fingerprint density at radius 1 is 0.857 bits per heavy atom. The molecule has 0 bridgehead atoms. The SMILES string of the molecule is COCO[C@@H]1[C@@H]2CC(=O)C=C(C(C)=O)[C@@H]2[C@H](OCc2ccccc2)[C@@H](C)[C@H]1OCc1ccccc1. The van der Waals surface area contributed by atoms with Crippen LogP contribution in [0.15, 0.2) is 72.3 Å². The third-order valence-corrected chi connectivity index (χ3v) is 7.07. The molecule has 6 nitrogen and oxygen atoms in total. The normalized spacial score (nSPS) is 28.3. The average molecular weight is 479 g/mol. The highest BCUT2D eigenvalue weighted by Crippen LogP contribution is 2.47. The van der Waals surface area contributed by atoms with Crippen LogP contribution in [-0.4, -0.2) is 43.8 Å². The molecule has 0 aliphatic heterocycles. The van der Waals surface area contributed by atoms with Crippen LogP contribution in [0, 0.1) is 17.8 Å². The number of carbonyl (C=O) groups excluding carboxylic acids is 2. The van der Waals surface area contributed by atoms with E-state index in [0.29, 0.717) is 18.8 Å². The number of Topliss-reactive ketones (excluding diaryl/α,β-unsaturated/α-hetero) is 1. The van der Waals surface area contributed by atoms with Crippen molar-refractivity contribution < 1.29 is 28.5 Å². The van der Waals surface area contributed by atoms with Gasteiger partial charge in [-0.3, -0.25) is 9.59 Å². The van der Waals surface area contributed by atoms with Gasteiger partial charge < -0.3 is 18.9 Å². The molecule has 2 aliphatic carbocycles. The molecule has 2 aromatic rings. The number of allylic oxidation sites excluding steroid dienone is 1. The second kappa shape index (κ2) is 11.9. The van der Waals surface area contributed by atoms with Gasteiger partial charge in [-0.15, -0.1) is 0 Å². The van der Waals surface area contributed by atoms with Crippen LogP contribution < -0.4 is 0 Å². The van der Waals surface area contributed by atoms with Crippen molar-refractivity contribution in [3.63, 3.8) is 0 Å². The maximum Gasteiger partial charge on any atom is 0.156 e. The van der Waals surface area contributed by atoms with E-state index in [1.807, 2.05) is 60.7 Å². The summed E-state index contributed by atoms with van der Waals surface area (Å²) in [5.41, 5.74) is 2.62. The van der Waals surface area contributed by atoms with Crippen molar-refractivity contribution in [2.24, 2.45) is 17.8 Å². The lowest BCUT2D eigenvalue weighted by Crippen LogP contribution is -2.59. The molecular weight excluding hydrogens is 444 g/mol. The number of fused-ring (bicyclic) bond motifs is 1. The Balaban J connectivity index is 1.67. The standard InChI is InChI=1S/C29H34O6/c1-19-27(33-16-21-10-6-4-7-11-21)26-24(20(2)30)14-23(31)15-25(26)29(35-18-32-3)28(19)34-17-22-12-8-5-9-13-22/h4-14,19,25-29H,15-18H2,1-3H3/t19-,25-,26+,27-,28-,29-/m1/s1. The van der Waals surface area contributed by atoms with Crippen molar-refractivity contribution in [1.29, 1.82) is 0 Å². The number of hydrogen-bond acceptors (Lipinski definition) is 6. The summed E-state index contributed by atoms with van der Waals surface area (Å²) in [6, 6.07) is 19.9. The fourth-order valence-corrected chi connectivity index (χ4v) is 5.45. The van der Waals surface area contributed by atoms with Crippen LogP contribution in [0.1, 0.15) is 31.4 Å². The van der Waals surface area contributed by atoms with E-state index in [9.17, 15) is 9.59 Å². The van der Waals surface area contributed by atoms with Gasteiger partial charge in [0.2, 0.25) is 0 Å². The van der Waals surface area contributed by atoms with Gasteiger partial charge in [-0.05, 0) is 24.1 Å². The Morgan fingerprint density at radius 2 is 1.43 bits per heavy atom. The Morgan fingerprint density at radius 3 is 1.97 bits per heavy atom. The number of ether oxygens (including phenoxy) is 4. The molecule has 0 aromatic heterocycles. The molecular formula is C29H34O6. The molecule has 0 unspecified atom stereocenters. The number of hydrogen-bond donors (Lipinski definition) is 0. The smallest absolute Gasteiger partial charge is 0.156 e. The van der Waals surface area contributed by atoms with E-state index in [4.69, 9.17) is 18.9 Å². The van der Waals surface area contributed by atoms with Gasteiger partial charge in [-0.1, -0.05) is 67.6 Å². The minimum Gasteiger partial charge on any atom is -0.373 e. The van der Waals surface area contributed by atoms with E-state index in [1.54, 1.807) is 7.11 Å². The Bertz CT molecular complexity index is 1020. The summed E-state index contributed by atoms with van der Waals surface area (Å²) in [6.45, 7) is 4.50. The molecule has 6 heteroatoms. The molecule has 0 saturated heterocycles. The molecule has 0 N–H and O–H groups in total. The molecule has 186 valence electrons. The molecule has 2 aromatic carbocycles. The predicted octanol–water partition coefficient (Wildman–Crippen LogP) is 4.52. The molecule has 0 radical (unpaired) electrons. The van der Waals surface area contributed by atoms with Crippen LogP contribution >= 0.6 is 0 Å². The van der Waals surface area contributed by atoms with E-state index >= 15 is 0 Å². The van der Waals surface area contributed by atoms with Gasteiger partial charge in [0.1, 0.15) is 6.79 Å². The van der Waals surface area contributed by atoms with Crippen LogP contribution in [0.2, 0.25) is 0 Å². The minimum absolute atomic E-state index is 0.0689. The number of rotatable bonds is 10. The average Bonchev–Trinajstić information content (AvgIpc) is 2.87. The van der Waals surface area contributed by atoms with Gasteiger partial charge in [-0.25, -0.2) is 0 Å². The van der Waals surface area contributed by atoms with Crippen molar-refractivity contribution >= 4 is 11.6 Å². The first-order chi connectivity index (χ1) is 17.0. The molecule has 0 amide bonds. The molecule has 6 atom stereocenters. The Kier molecular flexibility index (Phi) is 8.63. The summed E-state index contributed by atoms with van der Waals surface area (Å²) in [4.78, 5) is 25.4. The minimum atomic E-state index is -0.415. The van der Waals surface area contributed by atoms with Crippen molar-refractivity contribution in [3.8, 4) is 0 Å². The van der Waals surface area contributed by atoms with E-state index in [-0.39, 0.29) is 54.7 Å². The lowest BCUT2D eigenvalue weighted by Gasteiger charge is -2.51. The first-order valence-corrected chi connectivity index (χ1v) is 12.2. The maximum absolute atomic E-state index is 12.7. The van der Waals surface area contributed by atoms with Gasteiger partial charge in [0.05, 0.1) is 31.5 Å². The fraction of sp³-hybridized carbons (Fsp3) is 0.448. The molecule has 2 aliphatic rings. The summed E-state index contributed by atoms with van der Waals surface area (Å²) in [7, 11) is 1.57. The van der Waals surface area contributed by atoms with Crippen LogP contribution in [0.25, 0.3) is 0 Å². The summed E-state index contributed by atoms with van der Waals surface area (Å²) in [6.07, 6.45) is 0.715. The number of benzene rings is 2. The highest BCUT2D eigenvalue weighted by atomic mass is 16.7. The van der Waals surface area contributed by atoms with E-state index in [1.165, 1.54) is 13.0 Å². The highest BCUT2D eigenvalue weighted by Gasteiger charge is 2.54. The van der Waals surface area contributed by atoms with Crippen LogP contribution in [0.3, 0.4) is 0 Å². The first kappa shape index (κ1) is 25.5. The Hall–Kier alpha value is -2.64. The van der Waals surface area contributed by atoms with Gasteiger partial charge >= 0.3 is 0 Å². The maximum atomic E-state index is 12.7. The second-order valence-electron chi connectivity index (χ2n) is 9.44. The number of carbonyl (C=O) groups is 2. The van der Waals surface area contributed by atoms with Gasteiger partial charge in [0, 0.05) is 36.9 Å². The third-order valence-electron chi connectivity index (χ3n) is 7.07. The van der Waals surface area contributed by atoms with Crippen molar-refractivity contribution in [3.05, 3.63) is 83.4 Å². The quantitative estimate of drug-likeness (QED) is 0.468. The Labute approximate surface area is 207 Å². The fourth-order valence-electron chi connectivity index (χ4n) is 5.45. The zero-order valence-corrected chi connectivity index (χ0v) is 20.6. The molecule has 0 heterocycles. The van der Waals surface area contributed by atoms with Gasteiger partial charge in [0.25, 0.3) is 0 Å². The molecule has 0 spiro atoms. The predicted molar refractivity (Wildman–Crippen MR) is 131 cm³/mol. The second-order valence-corrected chi connectivity index (χ2v) is 9.44. The molecule has 35 heavy (non-hydrogen) atoms. The third kappa shape index (κ3) is 5.96. The summed E-state index contributed by atoms with van der Waals surface area (Å²) in [5, 5.41) is 0. The zero-order chi connectivity index (χ0) is 24.8. The number of methoxy groups -OCH3 is 1. The summed E-state index contributed by atoms with van der Waals surface area (Å²) in [5.74, 6) is -0.786. The summed E-state index contributed by atoms with van der Waals surface area (Å²) < 4.78 is 24.4. The van der Waals surface area contributed by atoms with Gasteiger partial charge in [-0.2, -0.15) is 0 Å². The van der Waals surface area contributed by atoms with Crippen molar-refractivity contribution in [2.45, 2.75) is 51.8 Å².